The maximum absolute atomic E-state index is 11.0. The molecule has 2 aromatic heterocycles. The van der Waals surface area contributed by atoms with Crippen LogP contribution in [0.1, 0.15) is 10.5 Å². The Bertz CT molecular complexity index is 502. The van der Waals surface area contributed by atoms with Gasteiger partial charge in [-0.05, 0) is 0 Å². The van der Waals surface area contributed by atoms with Crippen molar-refractivity contribution in [3.8, 4) is 0 Å². The largest absolute Gasteiger partial charge is 0.477 e. The lowest BCUT2D eigenvalue weighted by Crippen LogP contribution is -2.11. The molecule has 0 aliphatic carbocycles. The van der Waals surface area contributed by atoms with Crippen molar-refractivity contribution in [3.05, 3.63) is 24.1 Å². The second-order valence-corrected chi connectivity index (χ2v) is 3.54. The summed E-state index contributed by atoms with van der Waals surface area (Å²) in [6.07, 6.45) is 1.51. The van der Waals surface area contributed by atoms with Crippen molar-refractivity contribution in [2.24, 2.45) is 0 Å². The van der Waals surface area contributed by atoms with E-state index >= 15 is 0 Å². The Balaban J connectivity index is 2.33. The molecule has 2 heterocycles. The van der Waals surface area contributed by atoms with E-state index in [0.29, 0.717) is 23.6 Å². The predicted octanol–water partition coefficient (Wildman–Crippen LogP) is 2.15. The van der Waals surface area contributed by atoms with Crippen molar-refractivity contribution in [1.82, 2.24) is 4.57 Å². The fourth-order valence-corrected chi connectivity index (χ4v) is 1.61. The lowest BCUT2D eigenvalue weighted by molar-refractivity contribution is 0.0634. The zero-order chi connectivity index (χ0) is 11.5. The summed E-state index contributed by atoms with van der Waals surface area (Å²) in [5.41, 5.74) is 1.38. The molecule has 0 amide bonds. The molecule has 0 spiro atoms. The van der Waals surface area contributed by atoms with E-state index < -0.39 is 5.97 Å². The Morgan fingerprint density at radius 2 is 2.44 bits per heavy atom. The highest BCUT2D eigenvalue weighted by atomic mass is 35.5. The second kappa shape index (κ2) is 4.59. The van der Waals surface area contributed by atoms with E-state index in [9.17, 15) is 4.79 Å². The molecule has 0 aliphatic rings. The van der Waals surface area contributed by atoms with Crippen molar-refractivity contribution in [3.63, 3.8) is 0 Å². The van der Waals surface area contributed by atoms with E-state index in [0.717, 1.165) is 0 Å². The van der Waals surface area contributed by atoms with Gasteiger partial charge >= 0.3 is 5.97 Å². The summed E-state index contributed by atoms with van der Waals surface area (Å²) >= 11 is 5.47. The second-order valence-electron chi connectivity index (χ2n) is 3.16. The number of rotatable bonds is 5. The van der Waals surface area contributed by atoms with E-state index in [2.05, 4.69) is 0 Å². The number of ether oxygens (including phenoxy) is 1. The van der Waals surface area contributed by atoms with Gasteiger partial charge in [-0.2, -0.15) is 0 Å². The van der Waals surface area contributed by atoms with Crippen LogP contribution in [0.5, 0.6) is 0 Å². The predicted molar refractivity (Wildman–Crippen MR) is 57.8 cm³/mol. The number of carboxylic acid groups (broad SMARTS) is 1. The third-order valence-corrected chi connectivity index (χ3v) is 2.34. The molecule has 86 valence electrons. The van der Waals surface area contributed by atoms with Crippen LogP contribution in [0.25, 0.3) is 11.1 Å². The number of aromatic nitrogens is 1. The number of hydrogen-bond acceptors (Lipinski definition) is 3. The average Bonchev–Trinajstić information content (AvgIpc) is 2.79. The van der Waals surface area contributed by atoms with Gasteiger partial charge in [-0.25, -0.2) is 4.79 Å². The molecule has 1 N–H and O–H groups in total. The summed E-state index contributed by atoms with van der Waals surface area (Å²) in [7, 11) is 0. The zero-order valence-electron chi connectivity index (χ0n) is 8.35. The van der Waals surface area contributed by atoms with Crippen LogP contribution in [0.3, 0.4) is 0 Å². The van der Waals surface area contributed by atoms with Crippen LogP contribution in [-0.2, 0) is 11.5 Å². The normalized spacial score (nSPS) is 11.1. The number of hydrogen-bond donors (Lipinski definition) is 1. The van der Waals surface area contributed by atoms with Gasteiger partial charge < -0.3 is 18.8 Å². The summed E-state index contributed by atoms with van der Waals surface area (Å²) in [5.74, 6) is -0.640. The van der Waals surface area contributed by atoms with Gasteiger partial charge in [0, 0.05) is 18.0 Å². The molecule has 0 bridgehead atoms. The summed E-state index contributed by atoms with van der Waals surface area (Å²) < 4.78 is 11.9. The zero-order valence-corrected chi connectivity index (χ0v) is 9.11. The van der Waals surface area contributed by atoms with Gasteiger partial charge in [0.2, 0.25) is 0 Å². The molecule has 5 nitrogen and oxygen atoms in total. The standard InChI is InChI=1S/C10H10ClNO4/c11-2-4-15-6-12-7-1-3-16-9(7)5-8(12)10(13)14/h1,3,5H,2,4,6H2,(H,13,14). The first-order valence-corrected chi connectivity index (χ1v) is 5.21. The highest BCUT2D eigenvalue weighted by molar-refractivity contribution is 6.17. The van der Waals surface area contributed by atoms with Gasteiger partial charge in [-0.3, -0.25) is 0 Å². The van der Waals surface area contributed by atoms with Crippen LogP contribution in [0.15, 0.2) is 22.8 Å². The van der Waals surface area contributed by atoms with Crippen molar-refractivity contribution >= 4 is 28.7 Å². The topological polar surface area (TPSA) is 64.6 Å². The SMILES string of the molecule is O=C(O)c1cc2occc2n1COCCCl. The minimum atomic E-state index is -1.01. The van der Waals surface area contributed by atoms with E-state index in [1.165, 1.54) is 16.9 Å². The number of aromatic carboxylic acids is 1. The minimum absolute atomic E-state index is 0.143. The van der Waals surface area contributed by atoms with Gasteiger partial charge in [0.25, 0.3) is 0 Å². The number of fused-ring (bicyclic) bond motifs is 1. The number of nitrogens with zero attached hydrogens (tertiary/aromatic N) is 1. The van der Waals surface area contributed by atoms with E-state index in [-0.39, 0.29) is 12.4 Å². The molecule has 6 heteroatoms. The van der Waals surface area contributed by atoms with Crippen LogP contribution in [-0.4, -0.2) is 28.1 Å². The van der Waals surface area contributed by atoms with Crippen LogP contribution in [0.4, 0.5) is 0 Å². The van der Waals surface area contributed by atoms with E-state index in [4.69, 9.17) is 25.9 Å². The Morgan fingerprint density at radius 3 is 3.12 bits per heavy atom. The quantitative estimate of drug-likeness (QED) is 0.646. The highest BCUT2D eigenvalue weighted by Crippen LogP contribution is 2.21. The molecular formula is C10H10ClNO4. The molecule has 0 aliphatic heterocycles. The van der Waals surface area contributed by atoms with Crippen molar-refractivity contribution in [1.29, 1.82) is 0 Å². The molecule has 0 atom stereocenters. The van der Waals surface area contributed by atoms with Gasteiger partial charge in [-0.15, -0.1) is 11.6 Å². The number of carboxylic acids is 1. The Hall–Kier alpha value is -1.46. The van der Waals surface area contributed by atoms with Crippen molar-refractivity contribution < 1.29 is 19.1 Å². The third-order valence-electron chi connectivity index (χ3n) is 2.18. The lowest BCUT2D eigenvalue weighted by atomic mass is 10.4. The average molecular weight is 244 g/mol. The molecule has 0 aromatic carbocycles. The van der Waals surface area contributed by atoms with E-state index in [1.54, 1.807) is 6.07 Å². The Kier molecular flexibility index (Phi) is 3.17. The smallest absolute Gasteiger partial charge is 0.352 e. The lowest BCUT2D eigenvalue weighted by Gasteiger charge is -2.06. The number of halogens is 1. The maximum atomic E-state index is 11.0. The third kappa shape index (κ3) is 1.91. The molecule has 0 saturated heterocycles. The van der Waals surface area contributed by atoms with Crippen LogP contribution in [0.2, 0.25) is 0 Å². The molecule has 0 radical (unpaired) electrons. The summed E-state index contributed by atoms with van der Waals surface area (Å²) in [6.45, 7) is 0.523. The highest BCUT2D eigenvalue weighted by Gasteiger charge is 2.16. The number of alkyl halides is 1. The van der Waals surface area contributed by atoms with Crippen LogP contribution < -0.4 is 0 Å². The first kappa shape index (κ1) is 11.0. The maximum Gasteiger partial charge on any atom is 0.352 e. The molecular weight excluding hydrogens is 234 g/mol. The fourth-order valence-electron chi connectivity index (χ4n) is 1.50. The summed E-state index contributed by atoms with van der Waals surface area (Å²) in [4.78, 5) is 11.0. The monoisotopic (exact) mass is 243 g/mol. The van der Waals surface area contributed by atoms with Gasteiger partial charge in [0.15, 0.2) is 5.58 Å². The summed E-state index contributed by atoms with van der Waals surface area (Å²) in [5, 5.41) is 9.00. The first-order valence-electron chi connectivity index (χ1n) is 4.67. The molecule has 0 fully saturated rings. The van der Waals surface area contributed by atoms with Gasteiger partial charge in [-0.1, -0.05) is 0 Å². The fraction of sp³-hybridized carbons (Fsp3) is 0.300. The molecule has 0 unspecified atom stereocenters. The summed E-state index contributed by atoms with van der Waals surface area (Å²) in [6, 6.07) is 3.17. The number of carbonyl (C=O) groups is 1. The first-order chi connectivity index (χ1) is 7.74. The van der Waals surface area contributed by atoms with Gasteiger partial charge in [0.1, 0.15) is 12.4 Å². The van der Waals surface area contributed by atoms with Gasteiger partial charge in [0.05, 0.1) is 18.4 Å². The van der Waals surface area contributed by atoms with Crippen molar-refractivity contribution in [2.75, 3.05) is 12.5 Å². The van der Waals surface area contributed by atoms with Crippen molar-refractivity contribution in [2.45, 2.75) is 6.73 Å². The van der Waals surface area contributed by atoms with Crippen LogP contribution in [0, 0.1) is 0 Å². The number of furan rings is 1. The molecule has 2 aromatic rings. The Morgan fingerprint density at radius 1 is 1.62 bits per heavy atom. The van der Waals surface area contributed by atoms with Crippen LogP contribution >= 0.6 is 11.6 Å². The minimum Gasteiger partial charge on any atom is -0.477 e. The Labute approximate surface area is 96.2 Å². The van der Waals surface area contributed by atoms with E-state index in [1.807, 2.05) is 0 Å². The molecule has 16 heavy (non-hydrogen) atoms. The molecule has 2 rings (SSSR count). The molecule has 0 saturated carbocycles.